The molecule has 27 heavy (non-hydrogen) atoms. The second-order valence-corrected chi connectivity index (χ2v) is 7.17. The van der Waals surface area contributed by atoms with E-state index in [1.165, 1.54) is 23.9 Å². The lowest BCUT2D eigenvalue weighted by Crippen LogP contribution is -1.97. The van der Waals surface area contributed by atoms with Gasteiger partial charge in [-0.1, -0.05) is 25.6 Å². The molecule has 0 bridgehead atoms. The van der Waals surface area contributed by atoms with Crippen LogP contribution in [0.3, 0.4) is 0 Å². The standard InChI is InChI=1S/C17H11BrFN5S.C2H6/c18-10-8-14(25-12-5-3-11(19)4-6-12)16(21-9-10)24-17-22-13-2-1-7-20-15(13)23-17;1-2/h1-9H,(H2,20,21,22,23,24);1-2H3. The SMILES string of the molecule is CC.Fc1ccc(Sc2cc(Br)cnc2Nc2nc3ncccc3[nH]2)cc1. The van der Waals surface area contributed by atoms with E-state index < -0.39 is 0 Å². The molecule has 0 saturated carbocycles. The van der Waals surface area contributed by atoms with Gasteiger partial charge in [0.15, 0.2) is 5.65 Å². The van der Waals surface area contributed by atoms with Gasteiger partial charge in [-0.3, -0.25) is 0 Å². The smallest absolute Gasteiger partial charge is 0.208 e. The third kappa shape index (κ3) is 4.84. The first-order valence-corrected chi connectivity index (χ1v) is 9.95. The van der Waals surface area contributed by atoms with E-state index in [4.69, 9.17) is 0 Å². The number of nitrogens with one attached hydrogen (secondary N) is 2. The van der Waals surface area contributed by atoms with Crippen molar-refractivity contribution in [3.05, 3.63) is 65.1 Å². The number of hydrogen-bond acceptors (Lipinski definition) is 5. The first kappa shape index (κ1) is 19.3. The number of rotatable bonds is 4. The minimum absolute atomic E-state index is 0.259. The molecule has 0 saturated heterocycles. The zero-order valence-corrected chi connectivity index (χ0v) is 17.1. The second kappa shape index (κ2) is 8.96. The molecule has 0 atom stereocenters. The molecule has 3 aromatic heterocycles. The third-order valence-electron chi connectivity index (χ3n) is 3.36. The zero-order chi connectivity index (χ0) is 19.2. The number of halogens is 2. The second-order valence-electron chi connectivity index (χ2n) is 5.14. The summed E-state index contributed by atoms with van der Waals surface area (Å²) in [6.07, 6.45) is 3.40. The Balaban J connectivity index is 0.00000102. The summed E-state index contributed by atoms with van der Waals surface area (Å²) in [6, 6.07) is 12.0. The van der Waals surface area contributed by atoms with E-state index in [-0.39, 0.29) is 5.82 Å². The van der Waals surface area contributed by atoms with Crippen molar-refractivity contribution in [1.82, 2.24) is 19.9 Å². The minimum Gasteiger partial charge on any atom is -0.322 e. The van der Waals surface area contributed by atoms with Gasteiger partial charge in [0.1, 0.15) is 11.6 Å². The molecule has 138 valence electrons. The van der Waals surface area contributed by atoms with Gasteiger partial charge in [0.05, 0.1) is 10.4 Å². The fourth-order valence-electron chi connectivity index (χ4n) is 2.24. The normalized spacial score (nSPS) is 10.4. The number of fused-ring (bicyclic) bond motifs is 1. The summed E-state index contributed by atoms with van der Waals surface area (Å²) in [5.41, 5.74) is 1.48. The molecule has 0 radical (unpaired) electrons. The number of aromatic nitrogens is 4. The van der Waals surface area contributed by atoms with Gasteiger partial charge in [0, 0.05) is 21.8 Å². The maximum atomic E-state index is 13.1. The van der Waals surface area contributed by atoms with Gasteiger partial charge in [0.25, 0.3) is 0 Å². The molecule has 4 rings (SSSR count). The van der Waals surface area contributed by atoms with Crippen molar-refractivity contribution in [3.63, 3.8) is 0 Å². The quantitative estimate of drug-likeness (QED) is 0.392. The predicted octanol–water partition coefficient (Wildman–Crippen LogP) is 6.18. The molecule has 5 nitrogen and oxygen atoms in total. The zero-order valence-electron chi connectivity index (χ0n) is 14.7. The van der Waals surface area contributed by atoms with Crippen LogP contribution in [0, 0.1) is 5.82 Å². The summed E-state index contributed by atoms with van der Waals surface area (Å²) in [5.74, 6) is 0.950. The van der Waals surface area contributed by atoms with Crippen molar-refractivity contribution in [2.75, 3.05) is 5.32 Å². The van der Waals surface area contributed by atoms with Crippen LogP contribution in [0.2, 0.25) is 0 Å². The number of benzene rings is 1. The lowest BCUT2D eigenvalue weighted by atomic mass is 10.4. The predicted molar refractivity (Wildman–Crippen MR) is 111 cm³/mol. The van der Waals surface area contributed by atoms with E-state index in [1.807, 2.05) is 32.0 Å². The Hall–Kier alpha value is -2.45. The average molecular weight is 446 g/mol. The van der Waals surface area contributed by atoms with E-state index in [0.29, 0.717) is 17.4 Å². The summed E-state index contributed by atoms with van der Waals surface area (Å²) < 4.78 is 14.0. The Labute approximate surface area is 169 Å². The van der Waals surface area contributed by atoms with Crippen molar-refractivity contribution in [1.29, 1.82) is 0 Å². The van der Waals surface area contributed by atoms with Crippen molar-refractivity contribution in [2.24, 2.45) is 0 Å². The maximum Gasteiger partial charge on any atom is 0.208 e. The molecule has 0 fully saturated rings. The highest BCUT2D eigenvalue weighted by Gasteiger charge is 2.10. The minimum atomic E-state index is -0.259. The summed E-state index contributed by atoms with van der Waals surface area (Å²) in [7, 11) is 0. The number of pyridine rings is 2. The highest BCUT2D eigenvalue weighted by atomic mass is 79.9. The first-order valence-electron chi connectivity index (χ1n) is 8.34. The van der Waals surface area contributed by atoms with Crippen molar-refractivity contribution >= 4 is 50.6 Å². The summed E-state index contributed by atoms with van der Waals surface area (Å²) in [5, 5.41) is 3.19. The molecule has 4 aromatic rings. The van der Waals surface area contributed by atoms with Gasteiger partial charge in [0.2, 0.25) is 5.95 Å². The third-order valence-corrected chi connectivity index (χ3v) is 4.83. The van der Waals surface area contributed by atoms with Crippen molar-refractivity contribution in [3.8, 4) is 0 Å². The molecule has 0 aliphatic heterocycles. The molecule has 0 aliphatic carbocycles. The van der Waals surface area contributed by atoms with Gasteiger partial charge in [-0.15, -0.1) is 0 Å². The van der Waals surface area contributed by atoms with Gasteiger partial charge < -0.3 is 10.3 Å². The van der Waals surface area contributed by atoms with Gasteiger partial charge in [-0.05, 0) is 58.4 Å². The van der Waals surface area contributed by atoms with Crippen LogP contribution in [0.4, 0.5) is 16.2 Å². The topological polar surface area (TPSA) is 66.5 Å². The van der Waals surface area contributed by atoms with Gasteiger partial charge in [-0.25, -0.2) is 14.4 Å². The van der Waals surface area contributed by atoms with Crippen LogP contribution in [0.1, 0.15) is 13.8 Å². The lowest BCUT2D eigenvalue weighted by molar-refractivity contribution is 0.626. The molecule has 0 aliphatic rings. The number of anilines is 2. The number of aromatic amines is 1. The molecule has 2 N–H and O–H groups in total. The van der Waals surface area contributed by atoms with Crippen molar-refractivity contribution in [2.45, 2.75) is 23.6 Å². The van der Waals surface area contributed by atoms with Gasteiger partial charge >= 0.3 is 0 Å². The maximum absolute atomic E-state index is 13.1. The molecule has 0 amide bonds. The average Bonchev–Trinajstić information content (AvgIpc) is 3.10. The van der Waals surface area contributed by atoms with E-state index in [9.17, 15) is 4.39 Å². The number of H-pyrrole nitrogens is 1. The molecular weight excluding hydrogens is 429 g/mol. The fourth-order valence-corrected chi connectivity index (χ4v) is 3.63. The van der Waals surface area contributed by atoms with Crippen LogP contribution in [0.15, 0.2) is 69.1 Å². The Kier molecular flexibility index (Phi) is 6.41. The van der Waals surface area contributed by atoms with Crippen LogP contribution in [0.25, 0.3) is 11.2 Å². The summed E-state index contributed by atoms with van der Waals surface area (Å²) in [6.45, 7) is 4.00. The van der Waals surface area contributed by atoms with E-state index in [2.05, 4.69) is 41.2 Å². The van der Waals surface area contributed by atoms with Crippen LogP contribution in [-0.2, 0) is 0 Å². The number of imidazole rings is 1. The van der Waals surface area contributed by atoms with Crippen LogP contribution < -0.4 is 5.32 Å². The fraction of sp³-hybridized carbons (Fsp3) is 0.105. The van der Waals surface area contributed by atoms with Crippen LogP contribution in [-0.4, -0.2) is 19.9 Å². The largest absolute Gasteiger partial charge is 0.322 e. The summed E-state index contributed by atoms with van der Waals surface area (Å²) in [4.78, 5) is 18.0. The lowest BCUT2D eigenvalue weighted by Gasteiger charge is -2.09. The molecular formula is C19H17BrFN5S. The molecule has 1 aromatic carbocycles. The van der Waals surface area contributed by atoms with Crippen LogP contribution >= 0.6 is 27.7 Å². The molecule has 0 spiro atoms. The highest BCUT2D eigenvalue weighted by Crippen LogP contribution is 2.35. The monoisotopic (exact) mass is 445 g/mol. The summed E-state index contributed by atoms with van der Waals surface area (Å²) >= 11 is 4.92. The van der Waals surface area contributed by atoms with Crippen molar-refractivity contribution < 1.29 is 4.39 Å². The van der Waals surface area contributed by atoms with Gasteiger partial charge in [-0.2, -0.15) is 4.98 Å². The Morgan fingerprint density at radius 1 is 1.11 bits per heavy atom. The van der Waals surface area contributed by atoms with E-state index in [0.717, 1.165) is 19.8 Å². The van der Waals surface area contributed by atoms with Crippen LogP contribution in [0.5, 0.6) is 0 Å². The first-order chi connectivity index (χ1) is 13.2. The Bertz CT molecular complexity index is 1000. The highest BCUT2D eigenvalue weighted by molar-refractivity contribution is 9.10. The Morgan fingerprint density at radius 2 is 1.89 bits per heavy atom. The molecule has 0 unspecified atom stereocenters. The number of nitrogens with zero attached hydrogens (tertiary/aromatic N) is 3. The van der Waals surface area contributed by atoms with E-state index >= 15 is 0 Å². The molecule has 8 heteroatoms. The number of hydrogen-bond donors (Lipinski definition) is 2. The van der Waals surface area contributed by atoms with E-state index in [1.54, 1.807) is 24.5 Å². The Morgan fingerprint density at radius 3 is 2.63 bits per heavy atom. The molecule has 3 heterocycles.